The van der Waals surface area contributed by atoms with E-state index in [0.29, 0.717) is 26.3 Å². The van der Waals surface area contributed by atoms with E-state index in [1.807, 2.05) is 0 Å². The summed E-state index contributed by atoms with van der Waals surface area (Å²) in [6.07, 6.45) is 0. The van der Waals surface area contributed by atoms with Crippen LogP contribution >= 0.6 is 22.9 Å². The van der Waals surface area contributed by atoms with Crippen molar-refractivity contribution in [2.75, 3.05) is 5.32 Å². The topological polar surface area (TPSA) is 42.0 Å². The van der Waals surface area contributed by atoms with E-state index >= 15 is 0 Å². The molecule has 1 N–H and O–H groups in total. The molecule has 1 aromatic heterocycles. The van der Waals surface area contributed by atoms with Crippen LogP contribution in [0.15, 0.2) is 48.5 Å². The highest BCUT2D eigenvalue weighted by Crippen LogP contribution is 2.29. The predicted octanol–water partition coefficient (Wildman–Crippen LogP) is 5.16. The van der Waals surface area contributed by atoms with Gasteiger partial charge in [0.15, 0.2) is 0 Å². The van der Waals surface area contributed by atoms with Crippen LogP contribution < -0.4 is 5.32 Å². The third kappa shape index (κ3) is 3.41. The van der Waals surface area contributed by atoms with Crippen molar-refractivity contribution in [1.82, 2.24) is 4.98 Å². The number of carbonyl (C=O) groups excluding carboxylic acids is 1. The van der Waals surface area contributed by atoms with Gasteiger partial charge in [-0.25, -0.2) is 9.37 Å². The van der Waals surface area contributed by atoms with Gasteiger partial charge in [0, 0.05) is 5.56 Å². The second-order valence-electron chi connectivity index (χ2n) is 4.87. The Labute approximate surface area is 141 Å². The lowest BCUT2D eigenvalue weighted by molar-refractivity contribution is 0.103. The minimum Gasteiger partial charge on any atom is -0.320 e. The number of hydrogen-bond donors (Lipinski definition) is 1. The SMILES string of the molecule is Cc1nc(-c2ccc(F)cc2)sc1C(=O)Nc1ccccc1Cl. The molecule has 2 aromatic carbocycles. The Morgan fingerprint density at radius 2 is 1.87 bits per heavy atom. The molecule has 3 rings (SSSR count). The van der Waals surface area contributed by atoms with Gasteiger partial charge in [0.25, 0.3) is 5.91 Å². The third-order valence-corrected chi connectivity index (χ3v) is 4.75. The van der Waals surface area contributed by atoms with Crippen LogP contribution in [0.2, 0.25) is 5.02 Å². The first-order valence-electron chi connectivity index (χ1n) is 6.84. The lowest BCUT2D eigenvalue weighted by Crippen LogP contribution is -2.11. The van der Waals surface area contributed by atoms with Crippen LogP contribution in [0.1, 0.15) is 15.4 Å². The van der Waals surface area contributed by atoms with Gasteiger partial charge in [0.1, 0.15) is 15.7 Å². The summed E-state index contributed by atoms with van der Waals surface area (Å²) >= 11 is 7.31. The third-order valence-electron chi connectivity index (χ3n) is 3.22. The standard InChI is InChI=1S/C17H12ClFN2OS/c1-10-15(16(22)21-14-5-3-2-4-13(14)18)23-17(20-10)11-6-8-12(19)9-7-11/h2-9H,1H3,(H,21,22). The van der Waals surface area contributed by atoms with Crippen molar-refractivity contribution in [3.63, 3.8) is 0 Å². The molecule has 0 saturated carbocycles. The number of para-hydroxylation sites is 1. The van der Waals surface area contributed by atoms with Crippen molar-refractivity contribution in [2.24, 2.45) is 0 Å². The first-order chi connectivity index (χ1) is 11.0. The zero-order valence-electron chi connectivity index (χ0n) is 12.1. The van der Waals surface area contributed by atoms with Gasteiger partial charge >= 0.3 is 0 Å². The molecule has 3 aromatic rings. The van der Waals surface area contributed by atoms with Crippen LogP contribution in [-0.4, -0.2) is 10.9 Å². The van der Waals surface area contributed by atoms with E-state index in [1.54, 1.807) is 43.3 Å². The molecule has 3 nitrogen and oxygen atoms in total. The summed E-state index contributed by atoms with van der Waals surface area (Å²) in [6, 6.07) is 13.1. The van der Waals surface area contributed by atoms with Crippen molar-refractivity contribution in [1.29, 1.82) is 0 Å². The largest absolute Gasteiger partial charge is 0.320 e. The zero-order chi connectivity index (χ0) is 16.4. The van der Waals surface area contributed by atoms with Crippen LogP contribution in [-0.2, 0) is 0 Å². The number of hydrogen-bond acceptors (Lipinski definition) is 3. The molecule has 116 valence electrons. The predicted molar refractivity (Wildman–Crippen MR) is 91.7 cm³/mol. The van der Waals surface area contributed by atoms with Gasteiger partial charge in [-0.3, -0.25) is 4.79 Å². The van der Waals surface area contributed by atoms with Crippen molar-refractivity contribution >= 4 is 34.5 Å². The van der Waals surface area contributed by atoms with E-state index in [-0.39, 0.29) is 11.7 Å². The summed E-state index contributed by atoms with van der Waals surface area (Å²) in [6.45, 7) is 1.77. The van der Waals surface area contributed by atoms with Gasteiger partial charge in [-0.1, -0.05) is 23.7 Å². The normalized spacial score (nSPS) is 10.6. The smallest absolute Gasteiger partial charge is 0.267 e. The number of halogens is 2. The first-order valence-corrected chi connectivity index (χ1v) is 8.03. The van der Waals surface area contributed by atoms with E-state index in [9.17, 15) is 9.18 Å². The summed E-state index contributed by atoms with van der Waals surface area (Å²) in [4.78, 5) is 17.3. The minimum absolute atomic E-state index is 0.263. The molecule has 0 unspecified atom stereocenters. The molecule has 1 heterocycles. The Morgan fingerprint density at radius 1 is 1.17 bits per heavy atom. The molecule has 0 aliphatic rings. The molecule has 0 fully saturated rings. The molecular weight excluding hydrogens is 335 g/mol. The van der Waals surface area contributed by atoms with Crippen LogP contribution in [0.4, 0.5) is 10.1 Å². The van der Waals surface area contributed by atoms with Gasteiger partial charge in [-0.2, -0.15) is 0 Å². The van der Waals surface area contributed by atoms with E-state index in [0.717, 1.165) is 5.56 Å². The number of anilines is 1. The number of aryl methyl sites for hydroxylation is 1. The summed E-state index contributed by atoms with van der Waals surface area (Å²) in [5.74, 6) is -0.569. The summed E-state index contributed by atoms with van der Waals surface area (Å²) in [5.41, 5.74) is 1.95. The van der Waals surface area contributed by atoms with E-state index in [4.69, 9.17) is 11.6 Å². The van der Waals surface area contributed by atoms with Crippen LogP contribution in [0, 0.1) is 12.7 Å². The molecule has 23 heavy (non-hydrogen) atoms. The number of thiazole rings is 1. The summed E-state index contributed by atoms with van der Waals surface area (Å²) in [7, 11) is 0. The molecular formula is C17H12ClFN2OS. The van der Waals surface area contributed by atoms with Crippen molar-refractivity contribution < 1.29 is 9.18 Å². The van der Waals surface area contributed by atoms with Crippen LogP contribution in [0.5, 0.6) is 0 Å². The average molecular weight is 347 g/mol. The lowest BCUT2D eigenvalue weighted by atomic mass is 10.2. The maximum Gasteiger partial charge on any atom is 0.267 e. The maximum absolute atomic E-state index is 13.0. The molecule has 0 bridgehead atoms. The molecule has 0 atom stereocenters. The van der Waals surface area contributed by atoms with Crippen LogP contribution in [0.25, 0.3) is 10.6 Å². The number of nitrogens with one attached hydrogen (secondary N) is 1. The summed E-state index contributed by atoms with van der Waals surface area (Å²) < 4.78 is 13.0. The van der Waals surface area contributed by atoms with E-state index in [1.165, 1.54) is 23.5 Å². The fraction of sp³-hybridized carbons (Fsp3) is 0.0588. The van der Waals surface area contributed by atoms with Crippen molar-refractivity contribution in [3.8, 4) is 10.6 Å². The fourth-order valence-corrected chi connectivity index (χ4v) is 3.21. The van der Waals surface area contributed by atoms with Gasteiger partial charge in [0.2, 0.25) is 0 Å². The Morgan fingerprint density at radius 3 is 2.57 bits per heavy atom. The van der Waals surface area contributed by atoms with Crippen molar-refractivity contribution in [3.05, 3.63) is 69.9 Å². The highest BCUT2D eigenvalue weighted by molar-refractivity contribution is 7.17. The number of nitrogens with zero attached hydrogens (tertiary/aromatic N) is 1. The Bertz CT molecular complexity index is 861. The second kappa shape index (κ2) is 6.48. The quantitative estimate of drug-likeness (QED) is 0.711. The zero-order valence-corrected chi connectivity index (χ0v) is 13.7. The molecule has 0 aliphatic heterocycles. The van der Waals surface area contributed by atoms with Gasteiger partial charge < -0.3 is 5.32 Å². The second-order valence-corrected chi connectivity index (χ2v) is 6.28. The van der Waals surface area contributed by atoms with Gasteiger partial charge in [-0.15, -0.1) is 11.3 Å². The number of benzene rings is 2. The summed E-state index contributed by atoms with van der Waals surface area (Å²) in [5, 5.41) is 3.93. The number of rotatable bonds is 3. The highest BCUT2D eigenvalue weighted by atomic mass is 35.5. The van der Waals surface area contributed by atoms with Crippen molar-refractivity contribution in [2.45, 2.75) is 6.92 Å². The molecule has 0 spiro atoms. The van der Waals surface area contributed by atoms with Crippen LogP contribution in [0.3, 0.4) is 0 Å². The fourth-order valence-electron chi connectivity index (χ4n) is 2.06. The maximum atomic E-state index is 13.0. The molecule has 1 amide bonds. The molecule has 0 saturated heterocycles. The van der Waals surface area contributed by atoms with E-state index < -0.39 is 0 Å². The van der Waals surface area contributed by atoms with Gasteiger partial charge in [0.05, 0.1) is 16.4 Å². The Hall–Kier alpha value is -2.24. The molecule has 0 radical (unpaired) electrons. The minimum atomic E-state index is -0.307. The molecule has 0 aliphatic carbocycles. The lowest BCUT2D eigenvalue weighted by Gasteiger charge is -2.05. The number of aromatic nitrogens is 1. The number of amides is 1. The first kappa shape index (κ1) is 15.6. The number of carbonyl (C=O) groups is 1. The Kier molecular flexibility index (Phi) is 4.41. The highest BCUT2D eigenvalue weighted by Gasteiger charge is 2.17. The monoisotopic (exact) mass is 346 g/mol. The molecule has 6 heteroatoms. The average Bonchev–Trinajstić information content (AvgIpc) is 2.92. The van der Waals surface area contributed by atoms with E-state index in [2.05, 4.69) is 10.3 Å². The Balaban J connectivity index is 1.87. The van der Waals surface area contributed by atoms with Gasteiger partial charge in [-0.05, 0) is 43.3 Å².